The number of hydrogen-bond acceptors (Lipinski definition) is 4. The number of anilines is 3. The molecule has 4 aromatic rings. The van der Waals surface area contributed by atoms with Crippen molar-refractivity contribution < 1.29 is 14.0 Å². The summed E-state index contributed by atoms with van der Waals surface area (Å²) >= 11 is 0. The van der Waals surface area contributed by atoms with Crippen LogP contribution in [0.2, 0.25) is 0 Å². The molecular formula is C24H20FN5O2. The maximum Gasteiger partial charge on any atom is 0.240 e. The Balaban J connectivity index is 1.31. The summed E-state index contributed by atoms with van der Waals surface area (Å²) in [6, 6.07) is 18.6. The van der Waals surface area contributed by atoms with Gasteiger partial charge in [0.2, 0.25) is 11.8 Å². The average molecular weight is 429 g/mol. The zero-order valence-electron chi connectivity index (χ0n) is 17.0. The number of fused-ring (bicyclic) bond motifs is 1. The van der Waals surface area contributed by atoms with E-state index in [1.54, 1.807) is 12.1 Å². The van der Waals surface area contributed by atoms with E-state index in [4.69, 9.17) is 5.73 Å². The number of nitrogens with one attached hydrogen (secondary N) is 3. The van der Waals surface area contributed by atoms with Gasteiger partial charge in [0.05, 0.1) is 10.9 Å². The first kappa shape index (κ1) is 19.7. The predicted molar refractivity (Wildman–Crippen MR) is 121 cm³/mol. The van der Waals surface area contributed by atoms with Crippen LogP contribution in [-0.4, -0.2) is 22.0 Å². The fourth-order valence-corrected chi connectivity index (χ4v) is 3.79. The molecule has 0 atom stereocenters. The fourth-order valence-electron chi connectivity index (χ4n) is 3.79. The lowest BCUT2D eigenvalue weighted by Crippen LogP contribution is -2.35. The highest BCUT2D eigenvalue weighted by molar-refractivity contribution is 6.17. The Morgan fingerprint density at radius 2 is 1.50 bits per heavy atom. The number of nitrogen functional groups attached to an aromatic ring is 1. The summed E-state index contributed by atoms with van der Waals surface area (Å²) in [7, 11) is 0. The van der Waals surface area contributed by atoms with Crippen molar-refractivity contribution in [3.05, 3.63) is 72.5 Å². The summed E-state index contributed by atoms with van der Waals surface area (Å²) in [5.74, 6) is -0.709. The van der Waals surface area contributed by atoms with Crippen molar-refractivity contribution in [1.29, 1.82) is 0 Å². The van der Waals surface area contributed by atoms with Gasteiger partial charge in [-0.3, -0.25) is 14.7 Å². The first-order valence-corrected chi connectivity index (χ1v) is 10.2. The van der Waals surface area contributed by atoms with E-state index in [0.717, 1.165) is 22.0 Å². The standard InChI is InChI=1S/C24H20FN5O2/c25-15-6-10-17(11-7-15)28-23(32)24(12-13-24)22(31)27-16-8-4-14(5-9-16)18-2-1-3-19-20(18)21(26)30-29-19/h1-11H,12-13H2,(H,27,31)(H,28,32)(H3,26,29,30). The second-order valence-electron chi connectivity index (χ2n) is 7.91. The number of rotatable bonds is 5. The molecule has 5 rings (SSSR count). The summed E-state index contributed by atoms with van der Waals surface area (Å²) < 4.78 is 13.1. The van der Waals surface area contributed by atoms with Gasteiger partial charge >= 0.3 is 0 Å². The number of halogens is 1. The molecule has 1 aromatic heterocycles. The van der Waals surface area contributed by atoms with E-state index in [-0.39, 0.29) is 11.8 Å². The molecule has 1 fully saturated rings. The van der Waals surface area contributed by atoms with E-state index in [1.165, 1.54) is 24.3 Å². The van der Waals surface area contributed by atoms with E-state index in [0.29, 0.717) is 30.0 Å². The zero-order valence-corrected chi connectivity index (χ0v) is 17.0. The van der Waals surface area contributed by atoms with Crippen molar-refractivity contribution in [3.8, 4) is 11.1 Å². The van der Waals surface area contributed by atoms with E-state index in [1.807, 2.05) is 30.3 Å². The Morgan fingerprint density at radius 3 is 2.09 bits per heavy atom. The Kier molecular flexibility index (Phi) is 4.62. The van der Waals surface area contributed by atoms with Crippen LogP contribution in [0.3, 0.4) is 0 Å². The van der Waals surface area contributed by atoms with Crippen LogP contribution in [0.5, 0.6) is 0 Å². The smallest absolute Gasteiger partial charge is 0.240 e. The molecule has 0 bridgehead atoms. The van der Waals surface area contributed by atoms with Gasteiger partial charge in [0, 0.05) is 11.4 Å². The first-order valence-electron chi connectivity index (χ1n) is 10.2. The predicted octanol–water partition coefficient (Wildman–Crippen LogP) is 4.31. The maximum atomic E-state index is 13.1. The topological polar surface area (TPSA) is 113 Å². The lowest BCUT2D eigenvalue weighted by molar-refractivity contribution is -0.131. The normalized spacial score (nSPS) is 14.2. The maximum absolute atomic E-state index is 13.1. The number of hydrogen-bond donors (Lipinski definition) is 4. The number of nitrogens with zero attached hydrogens (tertiary/aromatic N) is 1. The quantitative estimate of drug-likeness (QED) is 0.354. The van der Waals surface area contributed by atoms with Gasteiger partial charge in [0.15, 0.2) is 5.82 Å². The Labute approximate surface area is 182 Å². The van der Waals surface area contributed by atoms with Crippen molar-refractivity contribution in [2.45, 2.75) is 12.8 Å². The van der Waals surface area contributed by atoms with E-state index < -0.39 is 11.2 Å². The molecule has 1 aliphatic carbocycles. The van der Waals surface area contributed by atoms with Crippen molar-refractivity contribution in [1.82, 2.24) is 10.2 Å². The molecular weight excluding hydrogens is 409 g/mol. The monoisotopic (exact) mass is 429 g/mol. The van der Waals surface area contributed by atoms with Crippen molar-refractivity contribution in [3.63, 3.8) is 0 Å². The molecule has 32 heavy (non-hydrogen) atoms. The minimum absolute atomic E-state index is 0.356. The highest BCUT2D eigenvalue weighted by Gasteiger charge is 2.56. The molecule has 0 radical (unpaired) electrons. The van der Waals surface area contributed by atoms with Gasteiger partial charge in [0.25, 0.3) is 0 Å². The third kappa shape index (κ3) is 3.45. The number of nitrogens with two attached hydrogens (primary N) is 1. The molecule has 1 aliphatic rings. The van der Waals surface area contributed by atoms with Crippen LogP contribution in [0.15, 0.2) is 66.7 Å². The molecule has 0 aliphatic heterocycles. The number of amides is 2. The largest absolute Gasteiger partial charge is 0.382 e. The summed E-state index contributed by atoms with van der Waals surface area (Å²) in [4.78, 5) is 25.6. The molecule has 3 aromatic carbocycles. The van der Waals surface area contributed by atoms with Crippen molar-refractivity contribution in [2.24, 2.45) is 5.41 Å². The van der Waals surface area contributed by atoms with Gasteiger partial charge in [-0.1, -0.05) is 24.3 Å². The van der Waals surface area contributed by atoms with Gasteiger partial charge in [-0.2, -0.15) is 5.10 Å². The van der Waals surface area contributed by atoms with Gasteiger partial charge < -0.3 is 16.4 Å². The molecule has 0 saturated heterocycles. The lowest BCUT2D eigenvalue weighted by atomic mass is 10.0. The highest BCUT2D eigenvalue weighted by atomic mass is 19.1. The van der Waals surface area contributed by atoms with E-state index in [9.17, 15) is 14.0 Å². The van der Waals surface area contributed by atoms with Gasteiger partial charge in [0.1, 0.15) is 11.2 Å². The zero-order chi connectivity index (χ0) is 22.3. The second-order valence-corrected chi connectivity index (χ2v) is 7.91. The Bertz CT molecular complexity index is 1330. The third-order valence-electron chi connectivity index (χ3n) is 5.79. The lowest BCUT2D eigenvalue weighted by Gasteiger charge is -2.16. The minimum Gasteiger partial charge on any atom is -0.382 e. The fraction of sp³-hybridized carbons (Fsp3) is 0.125. The number of aromatic amines is 1. The minimum atomic E-state index is -1.11. The van der Waals surface area contributed by atoms with Crippen molar-refractivity contribution in [2.75, 3.05) is 16.4 Å². The first-order chi connectivity index (χ1) is 15.5. The molecule has 1 heterocycles. The van der Waals surface area contributed by atoms with Crippen LogP contribution < -0.4 is 16.4 Å². The number of H-pyrrole nitrogens is 1. The molecule has 5 N–H and O–H groups in total. The summed E-state index contributed by atoms with van der Waals surface area (Å²) in [6.45, 7) is 0. The number of carbonyl (C=O) groups excluding carboxylic acids is 2. The van der Waals surface area contributed by atoms with Crippen LogP contribution in [-0.2, 0) is 9.59 Å². The van der Waals surface area contributed by atoms with Crippen LogP contribution in [0.4, 0.5) is 21.6 Å². The molecule has 0 spiro atoms. The number of carbonyl (C=O) groups is 2. The second kappa shape index (κ2) is 7.49. The van der Waals surface area contributed by atoms with Crippen molar-refractivity contribution >= 4 is 39.9 Å². The summed E-state index contributed by atoms with van der Waals surface area (Å²) in [5, 5.41) is 13.4. The highest BCUT2D eigenvalue weighted by Crippen LogP contribution is 2.47. The molecule has 160 valence electrons. The molecule has 2 amide bonds. The van der Waals surface area contributed by atoms with E-state index in [2.05, 4.69) is 20.8 Å². The molecule has 8 heteroatoms. The summed E-state index contributed by atoms with van der Waals surface area (Å²) in [5.41, 5.74) is 8.64. The summed E-state index contributed by atoms with van der Waals surface area (Å²) in [6.07, 6.45) is 0.928. The van der Waals surface area contributed by atoms with Gasteiger partial charge in [-0.15, -0.1) is 0 Å². The Hall–Kier alpha value is -4.20. The van der Waals surface area contributed by atoms with E-state index >= 15 is 0 Å². The van der Waals surface area contributed by atoms with Crippen LogP contribution >= 0.6 is 0 Å². The third-order valence-corrected chi connectivity index (χ3v) is 5.79. The van der Waals surface area contributed by atoms with Crippen LogP contribution in [0.1, 0.15) is 12.8 Å². The van der Waals surface area contributed by atoms with Crippen LogP contribution in [0, 0.1) is 11.2 Å². The molecule has 7 nitrogen and oxygen atoms in total. The van der Waals surface area contributed by atoms with Crippen LogP contribution in [0.25, 0.3) is 22.0 Å². The molecule has 1 saturated carbocycles. The number of benzene rings is 3. The molecule has 0 unspecified atom stereocenters. The SMILES string of the molecule is Nc1n[nH]c2cccc(-c3ccc(NC(=O)C4(C(=O)Nc5ccc(F)cc5)CC4)cc3)c12. The van der Waals surface area contributed by atoms with Gasteiger partial charge in [-0.25, -0.2) is 4.39 Å². The Morgan fingerprint density at radius 1 is 0.906 bits per heavy atom. The average Bonchev–Trinajstić information content (AvgIpc) is 3.54. The number of aromatic nitrogens is 2. The van der Waals surface area contributed by atoms with Gasteiger partial charge in [-0.05, 0) is 66.4 Å².